The molecule has 1 fully saturated rings. The van der Waals surface area contributed by atoms with Crippen molar-refractivity contribution in [2.24, 2.45) is 5.41 Å². The third-order valence-corrected chi connectivity index (χ3v) is 2.52. The number of ether oxygens (including phenoxy) is 1. The Kier molecular flexibility index (Phi) is 2.50. The Bertz CT molecular complexity index is 237. The highest BCUT2D eigenvalue weighted by molar-refractivity contribution is 6.23. The van der Waals surface area contributed by atoms with Gasteiger partial charge in [0.2, 0.25) is 0 Å². The van der Waals surface area contributed by atoms with E-state index in [1.165, 1.54) is 14.0 Å². The van der Waals surface area contributed by atoms with Gasteiger partial charge < -0.3 is 4.74 Å². The highest BCUT2D eigenvalue weighted by Crippen LogP contribution is 2.30. The molecule has 0 spiro atoms. The molecule has 0 amide bonds. The van der Waals surface area contributed by atoms with Gasteiger partial charge in [0.25, 0.3) is 0 Å². The van der Waals surface area contributed by atoms with Crippen LogP contribution < -0.4 is 0 Å². The van der Waals surface area contributed by atoms with Gasteiger partial charge in [0.1, 0.15) is 0 Å². The summed E-state index contributed by atoms with van der Waals surface area (Å²) in [6, 6.07) is 0. The molecule has 1 aliphatic rings. The average molecular weight is 184 g/mol. The molecule has 0 heterocycles. The molecule has 1 aliphatic carbocycles. The first-order chi connectivity index (χ1) is 6.03. The van der Waals surface area contributed by atoms with Crippen molar-refractivity contribution < 1.29 is 19.1 Å². The largest absolute Gasteiger partial charge is 0.468 e. The van der Waals surface area contributed by atoms with Gasteiger partial charge in [-0.2, -0.15) is 0 Å². The van der Waals surface area contributed by atoms with Gasteiger partial charge in [-0.3, -0.25) is 14.4 Å². The fourth-order valence-electron chi connectivity index (χ4n) is 1.50. The van der Waals surface area contributed by atoms with Gasteiger partial charge in [0, 0.05) is 12.8 Å². The summed E-state index contributed by atoms with van der Waals surface area (Å²) >= 11 is 0. The van der Waals surface area contributed by atoms with Crippen molar-refractivity contribution in [2.45, 2.75) is 26.2 Å². The standard InChI is InChI=1S/C9H12O4/c1-9(8(12)13-2)6(10)4-3-5-7(9)11/h3-5H2,1-2H3. The van der Waals surface area contributed by atoms with Crippen LogP contribution in [0.5, 0.6) is 0 Å². The summed E-state index contributed by atoms with van der Waals surface area (Å²) in [6.45, 7) is 1.35. The lowest BCUT2D eigenvalue weighted by atomic mass is 9.73. The van der Waals surface area contributed by atoms with Gasteiger partial charge in [-0.05, 0) is 13.3 Å². The fraction of sp³-hybridized carbons (Fsp3) is 0.667. The van der Waals surface area contributed by atoms with Crippen molar-refractivity contribution in [2.75, 3.05) is 7.11 Å². The Labute approximate surface area is 76.3 Å². The Balaban J connectivity index is 3.01. The molecule has 0 N–H and O–H groups in total. The minimum atomic E-state index is -1.53. The van der Waals surface area contributed by atoms with Crippen LogP contribution in [0, 0.1) is 5.41 Å². The molecule has 0 aliphatic heterocycles. The number of hydrogen-bond donors (Lipinski definition) is 0. The number of carbonyl (C=O) groups excluding carboxylic acids is 3. The van der Waals surface area contributed by atoms with Crippen LogP contribution in [0.2, 0.25) is 0 Å². The Morgan fingerprint density at radius 2 is 1.77 bits per heavy atom. The van der Waals surface area contributed by atoms with Crippen LogP contribution in [-0.2, 0) is 19.1 Å². The van der Waals surface area contributed by atoms with Crippen molar-refractivity contribution in [3.8, 4) is 0 Å². The van der Waals surface area contributed by atoms with Crippen LogP contribution in [0.25, 0.3) is 0 Å². The van der Waals surface area contributed by atoms with Crippen LogP contribution in [0.15, 0.2) is 0 Å². The predicted molar refractivity (Wildman–Crippen MR) is 44.0 cm³/mol. The van der Waals surface area contributed by atoms with Gasteiger partial charge in [-0.1, -0.05) is 0 Å². The molecule has 0 aromatic rings. The second kappa shape index (κ2) is 3.28. The molecule has 13 heavy (non-hydrogen) atoms. The number of methoxy groups -OCH3 is 1. The molecule has 72 valence electrons. The van der Waals surface area contributed by atoms with E-state index in [2.05, 4.69) is 4.74 Å². The van der Waals surface area contributed by atoms with Gasteiger partial charge >= 0.3 is 5.97 Å². The smallest absolute Gasteiger partial charge is 0.326 e. The lowest BCUT2D eigenvalue weighted by Crippen LogP contribution is -2.46. The minimum Gasteiger partial charge on any atom is -0.468 e. The highest BCUT2D eigenvalue weighted by Gasteiger charge is 2.49. The SMILES string of the molecule is COC(=O)C1(C)C(=O)CCCC1=O. The van der Waals surface area contributed by atoms with E-state index >= 15 is 0 Å². The number of esters is 1. The molecule has 0 radical (unpaired) electrons. The molecule has 0 bridgehead atoms. The third kappa shape index (κ3) is 1.36. The van der Waals surface area contributed by atoms with Crippen molar-refractivity contribution in [3.63, 3.8) is 0 Å². The van der Waals surface area contributed by atoms with Crippen molar-refractivity contribution in [3.05, 3.63) is 0 Å². The van der Waals surface area contributed by atoms with E-state index in [1.807, 2.05) is 0 Å². The van der Waals surface area contributed by atoms with E-state index in [4.69, 9.17) is 0 Å². The molecule has 0 aromatic heterocycles. The number of rotatable bonds is 1. The van der Waals surface area contributed by atoms with Crippen molar-refractivity contribution in [1.82, 2.24) is 0 Å². The Morgan fingerprint density at radius 3 is 2.15 bits per heavy atom. The zero-order valence-electron chi connectivity index (χ0n) is 7.75. The molecule has 4 nitrogen and oxygen atoms in total. The Morgan fingerprint density at radius 1 is 1.31 bits per heavy atom. The second-order valence-electron chi connectivity index (χ2n) is 3.32. The predicted octanol–water partition coefficient (Wildman–Crippen LogP) is 0.488. The first-order valence-corrected chi connectivity index (χ1v) is 4.18. The summed E-state index contributed by atoms with van der Waals surface area (Å²) in [4.78, 5) is 34.1. The van der Waals surface area contributed by atoms with Crippen molar-refractivity contribution in [1.29, 1.82) is 0 Å². The van der Waals surface area contributed by atoms with Crippen molar-refractivity contribution >= 4 is 17.5 Å². The second-order valence-corrected chi connectivity index (χ2v) is 3.32. The molecule has 1 saturated carbocycles. The number of carbonyl (C=O) groups is 3. The van der Waals surface area contributed by atoms with Gasteiger partial charge in [0.15, 0.2) is 17.0 Å². The molecule has 0 unspecified atom stereocenters. The maximum Gasteiger partial charge on any atom is 0.326 e. The Hall–Kier alpha value is -1.19. The lowest BCUT2D eigenvalue weighted by Gasteiger charge is -2.27. The van der Waals surface area contributed by atoms with Gasteiger partial charge in [-0.15, -0.1) is 0 Å². The molecule has 0 atom stereocenters. The number of hydrogen-bond acceptors (Lipinski definition) is 4. The van der Waals surface area contributed by atoms with Gasteiger partial charge in [0.05, 0.1) is 7.11 Å². The summed E-state index contributed by atoms with van der Waals surface area (Å²) in [6.07, 6.45) is 1.12. The fourth-order valence-corrected chi connectivity index (χ4v) is 1.50. The van der Waals surface area contributed by atoms with E-state index < -0.39 is 11.4 Å². The molecular weight excluding hydrogens is 172 g/mol. The summed E-state index contributed by atoms with van der Waals surface area (Å²) in [7, 11) is 1.18. The number of ketones is 2. The molecule has 4 heteroatoms. The summed E-state index contributed by atoms with van der Waals surface area (Å²) < 4.78 is 4.45. The maximum atomic E-state index is 11.4. The van der Waals surface area contributed by atoms with Crippen LogP contribution >= 0.6 is 0 Å². The van der Waals surface area contributed by atoms with E-state index in [0.29, 0.717) is 6.42 Å². The quantitative estimate of drug-likeness (QED) is 0.439. The number of Topliss-reactive ketones (excluding diaryl/α,β-unsaturated/α-hetero) is 2. The van der Waals surface area contributed by atoms with Gasteiger partial charge in [-0.25, -0.2) is 0 Å². The summed E-state index contributed by atoms with van der Waals surface area (Å²) in [5.41, 5.74) is -1.53. The lowest BCUT2D eigenvalue weighted by molar-refractivity contribution is -0.162. The maximum absolute atomic E-state index is 11.4. The van der Waals surface area contributed by atoms with E-state index in [1.54, 1.807) is 0 Å². The van der Waals surface area contributed by atoms with Crippen LogP contribution in [0.1, 0.15) is 26.2 Å². The normalized spacial score (nSPS) is 21.4. The average Bonchev–Trinajstić information content (AvgIpc) is 2.12. The molecule has 0 saturated heterocycles. The van der Waals surface area contributed by atoms with E-state index in [-0.39, 0.29) is 24.4 Å². The minimum absolute atomic E-state index is 0.289. The molecule has 0 aromatic carbocycles. The van der Waals surface area contributed by atoms with Crippen LogP contribution in [-0.4, -0.2) is 24.6 Å². The van der Waals surface area contributed by atoms with E-state index in [0.717, 1.165) is 0 Å². The summed E-state index contributed by atoms with van der Waals surface area (Å²) in [5.74, 6) is -1.38. The van der Waals surface area contributed by atoms with Crippen LogP contribution in [0.4, 0.5) is 0 Å². The first-order valence-electron chi connectivity index (χ1n) is 4.18. The zero-order valence-corrected chi connectivity index (χ0v) is 7.75. The monoisotopic (exact) mass is 184 g/mol. The summed E-state index contributed by atoms with van der Waals surface area (Å²) in [5, 5.41) is 0. The molecule has 1 rings (SSSR count). The highest BCUT2D eigenvalue weighted by atomic mass is 16.5. The zero-order chi connectivity index (χ0) is 10.1. The first kappa shape index (κ1) is 9.89. The third-order valence-electron chi connectivity index (χ3n) is 2.52. The topological polar surface area (TPSA) is 60.4 Å². The van der Waals surface area contributed by atoms with Crippen LogP contribution in [0.3, 0.4) is 0 Å². The van der Waals surface area contributed by atoms with E-state index in [9.17, 15) is 14.4 Å². The molecular formula is C9H12O4.